The van der Waals surface area contributed by atoms with Crippen LogP contribution in [0.25, 0.3) is 0 Å². The van der Waals surface area contributed by atoms with Crippen molar-refractivity contribution >= 4 is 23.8 Å². The molecular weight excluding hydrogens is 536 g/mol. The Bertz CT molecular complexity index is 1140. The van der Waals surface area contributed by atoms with Crippen molar-refractivity contribution in [3.05, 3.63) is 97.1 Å². The van der Waals surface area contributed by atoms with E-state index >= 15 is 0 Å². The molecule has 9 heteroatoms. The molecule has 3 atom stereocenters. The molecule has 2 aromatic carbocycles. The topological polar surface area (TPSA) is 131 Å². The molecule has 0 aliphatic carbocycles. The molecule has 0 saturated heterocycles. The number of benzene rings is 2. The molecule has 0 bridgehead atoms. The minimum absolute atomic E-state index is 0.0238. The van der Waals surface area contributed by atoms with E-state index in [1.807, 2.05) is 48.5 Å². The molecule has 0 saturated carbocycles. The second-order valence-electron chi connectivity index (χ2n) is 9.93. The van der Waals surface area contributed by atoms with Crippen LogP contribution in [-0.4, -0.2) is 54.2 Å². The summed E-state index contributed by atoms with van der Waals surface area (Å²) >= 11 is 0. The van der Waals surface area contributed by atoms with E-state index in [0.717, 1.165) is 24.0 Å². The van der Waals surface area contributed by atoms with Crippen LogP contribution in [0.3, 0.4) is 0 Å². The molecule has 0 fully saturated rings. The summed E-state index contributed by atoms with van der Waals surface area (Å²) in [7, 11) is 0. The molecule has 0 spiro atoms. The molecule has 226 valence electrons. The summed E-state index contributed by atoms with van der Waals surface area (Å²) in [5, 5.41) is 15.1. The van der Waals surface area contributed by atoms with Crippen LogP contribution in [0.15, 0.2) is 86.0 Å². The number of ether oxygens (including phenoxy) is 2. The van der Waals surface area contributed by atoms with Crippen molar-refractivity contribution in [2.24, 2.45) is 5.92 Å². The molecule has 9 nitrogen and oxygen atoms in total. The predicted molar refractivity (Wildman–Crippen MR) is 160 cm³/mol. The lowest BCUT2D eigenvalue weighted by Gasteiger charge is -2.22. The number of hydrogen-bond donors (Lipinski definition) is 3. The van der Waals surface area contributed by atoms with Crippen molar-refractivity contribution < 1.29 is 33.8 Å². The Morgan fingerprint density at radius 3 is 2.14 bits per heavy atom. The van der Waals surface area contributed by atoms with Gasteiger partial charge in [0.2, 0.25) is 11.8 Å². The molecule has 0 aromatic heterocycles. The number of allylic oxidation sites excluding steroid dienone is 2. The van der Waals surface area contributed by atoms with Crippen molar-refractivity contribution in [2.75, 3.05) is 13.2 Å². The van der Waals surface area contributed by atoms with Crippen LogP contribution in [0.4, 0.5) is 0 Å². The standard InChI is InChI=1S/C33H42N2O7/c1-3-5-6-13-19-31(38)41-24-29(33(40)42-23-26-17-11-8-12-18-26)35-32(39)27(14-4-2)21-30(37)34-28(22-36)20-25-15-9-7-10-16-25/h3-4,7-12,15-18,27-29,36H,1-2,5-6,13-14,19-24H2,(H,34,37)(H,35,39). The second kappa shape index (κ2) is 19.8. The lowest BCUT2D eigenvalue weighted by molar-refractivity contribution is -0.155. The molecule has 2 amide bonds. The van der Waals surface area contributed by atoms with Crippen molar-refractivity contribution in [3.63, 3.8) is 0 Å². The maximum Gasteiger partial charge on any atom is 0.332 e. The summed E-state index contributed by atoms with van der Waals surface area (Å²) in [4.78, 5) is 51.3. The van der Waals surface area contributed by atoms with Gasteiger partial charge in [0, 0.05) is 12.8 Å². The quantitative estimate of drug-likeness (QED) is 0.124. The Labute approximate surface area is 248 Å². The SMILES string of the molecule is C=CCCCCC(=O)OCC(NC(=O)C(CC=C)CC(=O)NC(CO)Cc1ccccc1)C(=O)OCc1ccccc1. The minimum Gasteiger partial charge on any atom is -0.463 e. The van der Waals surface area contributed by atoms with Gasteiger partial charge in [-0.2, -0.15) is 0 Å². The maximum atomic E-state index is 13.2. The minimum atomic E-state index is -1.27. The van der Waals surface area contributed by atoms with Crippen molar-refractivity contribution in [1.29, 1.82) is 0 Å². The summed E-state index contributed by atoms with van der Waals surface area (Å²) in [6, 6.07) is 16.7. The summed E-state index contributed by atoms with van der Waals surface area (Å²) < 4.78 is 10.7. The first-order valence-corrected chi connectivity index (χ1v) is 14.2. The number of carbonyl (C=O) groups is 4. The summed E-state index contributed by atoms with van der Waals surface area (Å²) in [5.74, 6) is -3.13. The Morgan fingerprint density at radius 1 is 0.857 bits per heavy atom. The highest BCUT2D eigenvalue weighted by Crippen LogP contribution is 2.13. The van der Waals surface area contributed by atoms with E-state index < -0.39 is 48.4 Å². The van der Waals surface area contributed by atoms with Crippen LogP contribution in [-0.2, 0) is 41.7 Å². The molecule has 3 N–H and O–H groups in total. The molecule has 2 rings (SSSR count). The van der Waals surface area contributed by atoms with Gasteiger partial charge in [0.25, 0.3) is 0 Å². The Balaban J connectivity index is 2.02. The van der Waals surface area contributed by atoms with Crippen LogP contribution < -0.4 is 10.6 Å². The number of aliphatic hydroxyl groups excluding tert-OH is 1. The van der Waals surface area contributed by atoms with E-state index in [1.54, 1.807) is 18.2 Å². The van der Waals surface area contributed by atoms with Gasteiger partial charge in [-0.05, 0) is 43.2 Å². The number of carbonyl (C=O) groups excluding carboxylic acids is 4. The number of aliphatic hydroxyl groups is 1. The first-order chi connectivity index (χ1) is 20.4. The second-order valence-corrected chi connectivity index (χ2v) is 9.93. The molecule has 2 aromatic rings. The third-order valence-corrected chi connectivity index (χ3v) is 6.44. The summed E-state index contributed by atoms with van der Waals surface area (Å²) in [6.45, 7) is 6.64. The van der Waals surface area contributed by atoms with Crippen LogP contribution in [0.1, 0.15) is 49.7 Å². The number of unbranched alkanes of at least 4 members (excludes halogenated alkanes) is 2. The average Bonchev–Trinajstić information content (AvgIpc) is 3.00. The van der Waals surface area contributed by atoms with E-state index in [0.29, 0.717) is 12.8 Å². The van der Waals surface area contributed by atoms with Gasteiger partial charge in [0.05, 0.1) is 18.6 Å². The highest BCUT2D eigenvalue weighted by molar-refractivity contribution is 5.89. The third kappa shape index (κ3) is 13.4. The van der Waals surface area contributed by atoms with Crippen molar-refractivity contribution in [3.8, 4) is 0 Å². The van der Waals surface area contributed by atoms with Gasteiger partial charge in [0.1, 0.15) is 13.2 Å². The molecule has 0 aliphatic rings. The normalized spacial score (nSPS) is 12.7. The largest absolute Gasteiger partial charge is 0.463 e. The van der Waals surface area contributed by atoms with E-state index in [9.17, 15) is 24.3 Å². The zero-order valence-electron chi connectivity index (χ0n) is 24.0. The monoisotopic (exact) mass is 578 g/mol. The number of hydrogen-bond acceptors (Lipinski definition) is 7. The zero-order valence-corrected chi connectivity index (χ0v) is 24.0. The van der Waals surface area contributed by atoms with Gasteiger partial charge in [-0.25, -0.2) is 4.79 Å². The van der Waals surface area contributed by atoms with E-state index in [4.69, 9.17) is 9.47 Å². The van der Waals surface area contributed by atoms with Gasteiger partial charge < -0.3 is 25.2 Å². The number of amides is 2. The molecule has 42 heavy (non-hydrogen) atoms. The Hall–Kier alpha value is -4.24. The molecule has 0 radical (unpaired) electrons. The number of esters is 2. The summed E-state index contributed by atoms with van der Waals surface area (Å²) in [6.07, 6.45) is 6.01. The first kappa shape index (κ1) is 34.0. The van der Waals surface area contributed by atoms with Gasteiger partial charge in [-0.3, -0.25) is 14.4 Å². The molecular formula is C33H42N2O7. The van der Waals surface area contributed by atoms with E-state index in [1.165, 1.54) is 6.08 Å². The van der Waals surface area contributed by atoms with Gasteiger partial charge in [0.15, 0.2) is 6.04 Å². The number of rotatable bonds is 20. The van der Waals surface area contributed by atoms with Crippen LogP contribution >= 0.6 is 0 Å². The maximum absolute atomic E-state index is 13.2. The van der Waals surface area contributed by atoms with Crippen molar-refractivity contribution in [1.82, 2.24) is 10.6 Å². The van der Waals surface area contributed by atoms with Crippen LogP contribution in [0, 0.1) is 5.92 Å². The fourth-order valence-corrected chi connectivity index (χ4v) is 4.15. The third-order valence-electron chi connectivity index (χ3n) is 6.44. The molecule has 0 aliphatic heterocycles. The van der Waals surface area contributed by atoms with Gasteiger partial charge >= 0.3 is 11.9 Å². The lowest BCUT2D eigenvalue weighted by atomic mass is 9.98. The Morgan fingerprint density at radius 2 is 1.52 bits per heavy atom. The zero-order chi connectivity index (χ0) is 30.6. The van der Waals surface area contributed by atoms with E-state index in [-0.39, 0.29) is 32.5 Å². The highest BCUT2D eigenvalue weighted by Gasteiger charge is 2.29. The van der Waals surface area contributed by atoms with Crippen molar-refractivity contribution in [2.45, 2.75) is 63.6 Å². The fraction of sp³-hybridized carbons (Fsp3) is 0.394. The summed E-state index contributed by atoms with van der Waals surface area (Å²) in [5.41, 5.74) is 1.70. The predicted octanol–water partition coefficient (Wildman–Crippen LogP) is 3.81. The Kier molecular flexibility index (Phi) is 16.0. The molecule has 3 unspecified atom stereocenters. The lowest BCUT2D eigenvalue weighted by Crippen LogP contribution is -2.48. The fourth-order valence-electron chi connectivity index (χ4n) is 4.15. The highest BCUT2D eigenvalue weighted by atomic mass is 16.6. The number of nitrogens with one attached hydrogen (secondary N) is 2. The van der Waals surface area contributed by atoms with Crippen LogP contribution in [0.2, 0.25) is 0 Å². The van der Waals surface area contributed by atoms with Gasteiger partial charge in [-0.15, -0.1) is 13.2 Å². The van der Waals surface area contributed by atoms with Gasteiger partial charge in [-0.1, -0.05) is 72.8 Å². The average molecular weight is 579 g/mol. The van der Waals surface area contributed by atoms with E-state index in [2.05, 4.69) is 23.8 Å². The molecule has 0 heterocycles. The first-order valence-electron chi connectivity index (χ1n) is 14.2. The smallest absolute Gasteiger partial charge is 0.332 e. The van der Waals surface area contributed by atoms with Crippen LogP contribution in [0.5, 0.6) is 0 Å².